The highest BCUT2D eigenvalue weighted by Gasteiger charge is 2.44. The normalized spacial score (nSPS) is 29.7. The van der Waals surface area contributed by atoms with Crippen LogP contribution in [0.5, 0.6) is 0 Å². The molecule has 22 heavy (non-hydrogen) atoms. The summed E-state index contributed by atoms with van der Waals surface area (Å²) in [5, 5.41) is 6.69. The number of rotatable bonds is 5. The number of hydrogen-bond donors (Lipinski definition) is 2. The largest absolute Gasteiger partial charge is 0.444 e. The van der Waals surface area contributed by atoms with Crippen molar-refractivity contribution >= 4 is 17.9 Å². The lowest BCUT2D eigenvalue weighted by molar-refractivity contribution is -0.0469. The molecule has 3 unspecified atom stereocenters. The number of nitrogens with one attached hydrogen (secondary N) is 2. The SMILES string of the molecule is CCOC1CC(NC(=O)OC(C)(C)C)C1NC1CCSCC1. The first-order valence-electron chi connectivity index (χ1n) is 8.34. The first kappa shape index (κ1) is 17.9. The van der Waals surface area contributed by atoms with Crippen LogP contribution in [0, 0.1) is 0 Å². The fraction of sp³-hybridized carbons (Fsp3) is 0.938. The molecule has 3 atom stereocenters. The zero-order valence-electron chi connectivity index (χ0n) is 14.2. The Balaban J connectivity index is 1.85. The third-order valence-electron chi connectivity index (χ3n) is 4.05. The average Bonchev–Trinajstić information content (AvgIpc) is 2.43. The van der Waals surface area contributed by atoms with Gasteiger partial charge in [-0.1, -0.05) is 0 Å². The van der Waals surface area contributed by atoms with E-state index in [-0.39, 0.29) is 24.3 Å². The summed E-state index contributed by atoms with van der Waals surface area (Å²) in [7, 11) is 0. The van der Waals surface area contributed by atoms with Crippen LogP contribution in [0.4, 0.5) is 4.79 Å². The molecule has 2 aliphatic rings. The smallest absolute Gasteiger partial charge is 0.407 e. The molecule has 2 N–H and O–H groups in total. The number of alkyl carbamates (subject to hydrolysis) is 1. The molecule has 1 amide bonds. The fourth-order valence-electron chi connectivity index (χ4n) is 2.96. The molecule has 0 spiro atoms. The number of ether oxygens (including phenoxy) is 2. The fourth-order valence-corrected chi connectivity index (χ4v) is 4.07. The second kappa shape index (κ2) is 7.88. The summed E-state index contributed by atoms with van der Waals surface area (Å²) in [5.74, 6) is 2.43. The van der Waals surface area contributed by atoms with Crippen LogP contribution in [0.3, 0.4) is 0 Å². The van der Waals surface area contributed by atoms with E-state index in [1.54, 1.807) is 0 Å². The van der Waals surface area contributed by atoms with E-state index in [1.165, 1.54) is 24.3 Å². The van der Waals surface area contributed by atoms with Crippen molar-refractivity contribution in [3.8, 4) is 0 Å². The number of carbonyl (C=O) groups is 1. The molecule has 6 heteroatoms. The Bertz CT molecular complexity index is 367. The lowest BCUT2D eigenvalue weighted by atomic mass is 9.82. The van der Waals surface area contributed by atoms with E-state index in [0.29, 0.717) is 12.6 Å². The van der Waals surface area contributed by atoms with Gasteiger partial charge in [0.25, 0.3) is 0 Å². The Morgan fingerprint density at radius 1 is 1.27 bits per heavy atom. The predicted molar refractivity (Wildman–Crippen MR) is 90.5 cm³/mol. The van der Waals surface area contributed by atoms with Crippen LogP contribution in [-0.2, 0) is 9.47 Å². The van der Waals surface area contributed by atoms with Crippen molar-refractivity contribution in [1.29, 1.82) is 0 Å². The van der Waals surface area contributed by atoms with Crippen LogP contribution < -0.4 is 10.6 Å². The molecule has 1 saturated heterocycles. The minimum atomic E-state index is -0.462. The topological polar surface area (TPSA) is 59.6 Å². The van der Waals surface area contributed by atoms with Gasteiger partial charge < -0.3 is 20.1 Å². The molecule has 2 fully saturated rings. The Kier molecular flexibility index (Phi) is 6.41. The van der Waals surface area contributed by atoms with Crippen LogP contribution in [0.2, 0.25) is 0 Å². The van der Waals surface area contributed by atoms with E-state index < -0.39 is 5.60 Å². The van der Waals surface area contributed by atoms with E-state index >= 15 is 0 Å². The number of carbonyl (C=O) groups excluding carboxylic acids is 1. The van der Waals surface area contributed by atoms with Crippen LogP contribution in [-0.4, -0.2) is 54.0 Å². The zero-order chi connectivity index (χ0) is 16.2. The first-order chi connectivity index (χ1) is 10.4. The molecule has 0 aromatic heterocycles. The molecule has 1 saturated carbocycles. The minimum absolute atomic E-state index is 0.0981. The number of thioether (sulfide) groups is 1. The summed E-state index contributed by atoms with van der Waals surface area (Å²) in [6, 6.07) is 0.832. The maximum atomic E-state index is 12.0. The number of amides is 1. The van der Waals surface area contributed by atoms with Gasteiger partial charge >= 0.3 is 6.09 Å². The van der Waals surface area contributed by atoms with E-state index in [4.69, 9.17) is 9.47 Å². The summed E-state index contributed by atoms with van der Waals surface area (Å²) in [5.41, 5.74) is -0.462. The average molecular weight is 330 g/mol. The quantitative estimate of drug-likeness (QED) is 0.811. The molecule has 0 radical (unpaired) electrons. The lowest BCUT2D eigenvalue weighted by Gasteiger charge is -2.46. The van der Waals surface area contributed by atoms with Gasteiger partial charge in [-0.3, -0.25) is 0 Å². The van der Waals surface area contributed by atoms with Gasteiger partial charge in [0.15, 0.2) is 0 Å². The molecule has 1 aliphatic carbocycles. The van der Waals surface area contributed by atoms with Crippen molar-refractivity contribution in [3.63, 3.8) is 0 Å². The third-order valence-corrected chi connectivity index (χ3v) is 5.10. The summed E-state index contributed by atoms with van der Waals surface area (Å²) in [6.45, 7) is 8.37. The molecule has 0 bridgehead atoms. The third kappa shape index (κ3) is 5.32. The highest BCUT2D eigenvalue weighted by molar-refractivity contribution is 7.99. The molecule has 5 nitrogen and oxygen atoms in total. The van der Waals surface area contributed by atoms with Crippen LogP contribution in [0.15, 0.2) is 0 Å². The highest BCUT2D eigenvalue weighted by atomic mass is 32.2. The monoisotopic (exact) mass is 330 g/mol. The van der Waals surface area contributed by atoms with Gasteiger partial charge in [0, 0.05) is 12.6 Å². The first-order valence-corrected chi connectivity index (χ1v) is 9.49. The van der Waals surface area contributed by atoms with Gasteiger partial charge in [-0.05, 0) is 58.5 Å². The highest BCUT2D eigenvalue weighted by Crippen LogP contribution is 2.27. The summed E-state index contributed by atoms with van der Waals surface area (Å²) < 4.78 is 11.1. The molecular formula is C16H30N2O3S. The van der Waals surface area contributed by atoms with Crippen molar-refractivity contribution < 1.29 is 14.3 Å². The van der Waals surface area contributed by atoms with Crippen molar-refractivity contribution in [3.05, 3.63) is 0 Å². The molecule has 2 rings (SSSR count). The summed E-state index contributed by atoms with van der Waals surface area (Å²) >= 11 is 2.02. The van der Waals surface area contributed by atoms with Gasteiger partial charge in [-0.15, -0.1) is 0 Å². The van der Waals surface area contributed by atoms with Gasteiger partial charge in [-0.25, -0.2) is 4.79 Å². The van der Waals surface area contributed by atoms with Crippen LogP contribution in [0.1, 0.15) is 47.0 Å². The molecule has 0 aromatic carbocycles. The maximum absolute atomic E-state index is 12.0. The maximum Gasteiger partial charge on any atom is 0.407 e. The Labute approximate surface area is 138 Å². The predicted octanol–water partition coefficient (Wildman–Crippen LogP) is 2.54. The van der Waals surface area contributed by atoms with E-state index in [0.717, 1.165) is 6.42 Å². The van der Waals surface area contributed by atoms with Gasteiger partial charge in [0.2, 0.25) is 0 Å². The molecule has 1 heterocycles. The second-order valence-electron chi connectivity index (χ2n) is 7.06. The Hall–Kier alpha value is -0.460. The lowest BCUT2D eigenvalue weighted by Crippen LogP contribution is -2.68. The van der Waals surface area contributed by atoms with Gasteiger partial charge in [0.1, 0.15) is 5.60 Å². The van der Waals surface area contributed by atoms with Crippen LogP contribution in [0.25, 0.3) is 0 Å². The van der Waals surface area contributed by atoms with Crippen molar-refractivity contribution in [1.82, 2.24) is 10.6 Å². The number of hydrogen-bond acceptors (Lipinski definition) is 5. The molecular weight excluding hydrogens is 300 g/mol. The van der Waals surface area contributed by atoms with E-state index in [9.17, 15) is 4.79 Å². The van der Waals surface area contributed by atoms with Gasteiger partial charge in [0.05, 0.1) is 18.2 Å². The van der Waals surface area contributed by atoms with Crippen molar-refractivity contribution in [2.45, 2.75) is 76.8 Å². The van der Waals surface area contributed by atoms with Crippen molar-refractivity contribution in [2.24, 2.45) is 0 Å². The minimum Gasteiger partial charge on any atom is -0.444 e. The Morgan fingerprint density at radius 2 is 1.95 bits per heavy atom. The summed E-state index contributed by atoms with van der Waals surface area (Å²) in [4.78, 5) is 12.0. The van der Waals surface area contributed by atoms with Crippen molar-refractivity contribution in [2.75, 3.05) is 18.1 Å². The van der Waals surface area contributed by atoms with Crippen LogP contribution >= 0.6 is 11.8 Å². The standard InChI is InChI=1S/C16H30N2O3S/c1-5-20-13-10-12(18-15(19)21-16(2,3)4)14(13)17-11-6-8-22-9-7-11/h11-14,17H,5-10H2,1-4H3,(H,18,19). The second-order valence-corrected chi connectivity index (χ2v) is 8.29. The molecule has 0 aromatic rings. The van der Waals surface area contributed by atoms with E-state index in [1.807, 2.05) is 39.5 Å². The molecule has 128 valence electrons. The Morgan fingerprint density at radius 3 is 2.55 bits per heavy atom. The van der Waals surface area contributed by atoms with E-state index in [2.05, 4.69) is 10.6 Å². The van der Waals surface area contributed by atoms with Gasteiger partial charge in [-0.2, -0.15) is 11.8 Å². The molecule has 1 aliphatic heterocycles. The zero-order valence-corrected chi connectivity index (χ0v) is 15.0. The summed E-state index contributed by atoms with van der Waals surface area (Å²) in [6.07, 6.45) is 3.10.